The maximum Gasteiger partial charge on any atom is 0.328 e. The number of rotatable bonds is 10. The Hall–Kier alpha value is -1.87. The topological polar surface area (TPSA) is 86.1 Å². The van der Waals surface area contributed by atoms with Crippen molar-refractivity contribution in [3.8, 4) is 0 Å². The molecule has 1 fully saturated rings. The lowest BCUT2D eigenvalue weighted by Crippen LogP contribution is -2.46. The molecule has 3 rings (SSSR count). The first-order valence-corrected chi connectivity index (χ1v) is 11.4. The number of carbonyl (C=O) groups excluding carboxylic acids is 2. The Morgan fingerprint density at radius 2 is 2.21 bits per heavy atom. The van der Waals surface area contributed by atoms with Gasteiger partial charge in [0, 0.05) is 17.3 Å². The average Bonchev–Trinajstić information content (AvgIpc) is 3.25. The van der Waals surface area contributed by atoms with E-state index in [9.17, 15) is 9.59 Å². The summed E-state index contributed by atoms with van der Waals surface area (Å²) in [5.41, 5.74) is 0. The second-order valence-electron chi connectivity index (χ2n) is 7.00. The summed E-state index contributed by atoms with van der Waals surface area (Å²) in [5, 5.41) is 14.3. The van der Waals surface area contributed by atoms with E-state index in [2.05, 4.69) is 31.5 Å². The largest absolute Gasteiger partial charge is 0.467 e. The molecule has 0 unspecified atom stereocenters. The molecule has 1 N–H and O–H groups in total. The molecule has 0 aromatic carbocycles. The molecule has 1 aliphatic carbocycles. The first-order chi connectivity index (χ1) is 13.5. The van der Waals surface area contributed by atoms with Gasteiger partial charge in [0.15, 0.2) is 5.16 Å². The van der Waals surface area contributed by atoms with Crippen LogP contribution < -0.4 is 5.32 Å². The molecule has 28 heavy (non-hydrogen) atoms. The van der Waals surface area contributed by atoms with Gasteiger partial charge in [0.05, 0.1) is 12.9 Å². The second-order valence-corrected chi connectivity index (χ2v) is 8.97. The summed E-state index contributed by atoms with van der Waals surface area (Å²) >= 11 is 3.07. The molecule has 2 aromatic rings. The van der Waals surface area contributed by atoms with E-state index in [-0.39, 0.29) is 17.6 Å². The van der Waals surface area contributed by atoms with Crippen LogP contribution in [-0.2, 0) is 20.7 Å². The van der Waals surface area contributed by atoms with E-state index in [1.807, 2.05) is 19.9 Å². The van der Waals surface area contributed by atoms with E-state index in [0.717, 1.165) is 36.7 Å². The number of thiophene rings is 1. The van der Waals surface area contributed by atoms with Gasteiger partial charge in [-0.25, -0.2) is 4.79 Å². The lowest BCUT2D eigenvalue weighted by Gasteiger charge is -2.21. The van der Waals surface area contributed by atoms with E-state index in [1.165, 1.54) is 23.7 Å². The number of carbonyl (C=O) groups is 2. The molecule has 1 saturated carbocycles. The molecule has 0 radical (unpaired) electrons. The molecule has 0 aliphatic heterocycles. The maximum atomic E-state index is 12.4. The standard InChI is InChI=1S/C19H26N4O3S2/c1-4-12(2)17(18(25)26-3)20-16(24)11-28-19-22-21-15(23(19)13-7-8-13)10-14-6-5-9-27-14/h5-6,9,12-13,17H,4,7-8,10-11H2,1-3H3,(H,20,24)/t12-,17+/m1/s1. The van der Waals surface area contributed by atoms with Gasteiger partial charge in [-0.2, -0.15) is 0 Å². The van der Waals surface area contributed by atoms with E-state index in [1.54, 1.807) is 11.3 Å². The summed E-state index contributed by atoms with van der Waals surface area (Å²) in [6.07, 6.45) is 3.77. The van der Waals surface area contributed by atoms with Gasteiger partial charge in [-0.3, -0.25) is 4.79 Å². The Balaban J connectivity index is 1.63. The fourth-order valence-electron chi connectivity index (χ4n) is 2.94. The highest BCUT2D eigenvalue weighted by Crippen LogP contribution is 2.39. The van der Waals surface area contributed by atoms with Gasteiger partial charge in [-0.1, -0.05) is 38.1 Å². The normalized spacial score (nSPS) is 15.8. The number of aromatic nitrogens is 3. The summed E-state index contributed by atoms with van der Waals surface area (Å²) in [7, 11) is 1.34. The molecule has 0 saturated heterocycles. The number of thioether (sulfide) groups is 1. The van der Waals surface area contributed by atoms with Crippen molar-refractivity contribution in [1.82, 2.24) is 20.1 Å². The minimum atomic E-state index is -0.626. The Bertz CT molecular complexity index is 802. The summed E-state index contributed by atoms with van der Waals surface area (Å²) in [6, 6.07) is 3.93. The Labute approximate surface area is 173 Å². The van der Waals surface area contributed by atoms with Crippen molar-refractivity contribution >= 4 is 35.0 Å². The number of nitrogens with zero attached hydrogens (tertiary/aromatic N) is 3. The van der Waals surface area contributed by atoms with Crippen LogP contribution in [0.1, 0.15) is 49.9 Å². The van der Waals surface area contributed by atoms with Gasteiger partial charge in [0.1, 0.15) is 11.9 Å². The molecular weight excluding hydrogens is 396 g/mol. The lowest BCUT2D eigenvalue weighted by molar-refractivity contribution is -0.146. The highest BCUT2D eigenvalue weighted by molar-refractivity contribution is 7.99. The van der Waals surface area contributed by atoms with Crippen LogP contribution in [0.2, 0.25) is 0 Å². The van der Waals surface area contributed by atoms with Gasteiger partial charge in [0.25, 0.3) is 0 Å². The summed E-state index contributed by atoms with van der Waals surface area (Å²) in [5.74, 6) is 0.528. The van der Waals surface area contributed by atoms with Crippen LogP contribution >= 0.6 is 23.1 Å². The van der Waals surface area contributed by atoms with Crippen LogP contribution in [0.25, 0.3) is 0 Å². The highest BCUT2D eigenvalue weighted by atomic mass is 32.2. The molecule has 0 bridgehead atoms. The van der Waals surface area contributed by atoms with Crippen LogP contribution in [0.15, 0.2) is 22.7 Å². The zero-order chi connectivity index (χ0) is 20.1. The van der Waals surface area contributed by atoms with Crippen LogP contribution in [-0.4, -0.2) is 45.5 Å². The Kier molecular flexibility index (Phi) is 7.12. The molecule has 1 aliphatic rings. The van der Waals surface area contributed by atoms with Crippen molar-refractivity contribution in [3.63, 3.8) is 0 Å². The number of methoxy groups -OCH3 is 1. The first-order valence-electron chi connectivity index (χ1n) is 9.49. The SMILES string of the molecule is CC[C@@H](C)[C@H](NC(=O)CSc1nnc(Cc2cccs2)n1C1CC1)C(=O)OC. The molecule has 0 spiro atoms. The number of hydrogen-bond acceptors (Lipinski definition) is 7. The van der Waals surface area contributed by atoms with E-state index in [4.69, 9.17) is 4.74 Å². The third kappa shape index (κ3) is 5.14. The lowest BCUT2D eigenvalue weighted by atomic mass is 9.99. The Morgan fingerprint density at radius 1 is 1.43 bits per heavy atom. The molecule has 152 valence electrons. The number of hydrogen-bond donors (Lipinski definition) is 1. The molecule has 2 atom stereocenters. The smallest absolute Gasteiger partial charge is 0.328 e. The highest BCUT2D eigenvalue weighted by Gasteiger charge is 2.31. The molecular formula is C19H26N4O3S2. The van der Waals surface area contributed by atoms with Gasteiger partial charge in [0.2, 0.25) is 5.91 Å². The number of esters is 1. The van der Waals surface area contributed by atoms with E-state index in [0.29, 0.717) is 6.04 Å². The average molecular weight is 423 g/mol. The first kappa shape index (κ1) is 20.9. The predicted octanol–water partition coefficient (Wildman–Crippen LogP) is 3.06. The fourth-order valence-corrected chi connectivity index (χ4v) is 4.47. The van der Waals surface area contributed by atoms with Gasteiger partial charge in [-0.15, -0.1) is 21.5 Å². The molecule has 9 heteroatoms. The third-order valence-electron chi connectivity index (χ3n) is 4.88. The van der Waals surface area contributed by atoms with Crippen LogP contribution in [0, 0.1) is 5.92 Å². The second kappa shape index (κ2) is 9.56. The van der Waals surface area contributed by atoms with Crippen LogP contribution in [0.4, 0.5) is 0 Å². The zero-order valence-electron chi connectivity index (χ0n) is 16.4. The van der Waals surface area contributed by atoms with Gasteiger partial charge < -0.3 is 14.6 Å². The van der Waals surface area contributed by atoms with Gasteiger partial charge >= 0.3 is 5.97 Å². The fraction of sp³-hybridized carbons (Fsp3) is 0.579. The Morgan fingerprint density at radius 3 is 2.82 bits per heavy atom. The number of nitrogens with one attached hydrogen (secondary N) is 1. The van der Waals surface area contributed by atoms with Crippen molar-refractivity contribution in [2.75, 3.05) is 12.9 Å². The minimum absolute atomic E-state index is 0.00826. The predicted molar refractivity (Wildman–Crippen MR) is 110 cm³/mol. The quantitative estimate of drug-likeness (QED) is 0.468. The van der Waals surface area contributed by atoms with Crippen molar-refractivity contribution in [1.29, 1.82) is 0 Å². The third-order valence-corrected chi connectivity index (χ3v) is 6.70. The van der Waals surface area contributed by atoms with E-state index >= 15 is 0 Å². The summed E-state index contributed by atoms with van der Waals surface area (Å²) in [4.78, 5) is 25.6. The summed E-state index contributed by atoms with van der Waals surface area (Å²) in [6.45, 7) is 3.91. The minimum Gasteiger partial charge on any atom is -0.467 e. The van der Waals surface area contributed by atoms with Crippen LogP contribution in [0.3, 0.4) is 0 Å². The van der Waals surface area contributed by atoms with Crippen molar-refractivity contribution in [3.05, 3.63) is 28.2 Å². The van der Waals surface area contributed by atoms with E-state index < -0.39 is 12.0 Å². The van der Waals surface area contributed by atoms with Crippen molar-refractivity contribution in [2.45, 2.75) is 56.8 Å². The summed E-state index contributed by atoms with van der Waals surface area (Å²) < 4.78 is 7.00. The molecule has 7 nitrogen and oxygen atoms in total. The zero-order valence-corrected chi connectivity index (χ0v) is 18.0. The number of amides is 1. The van der Waals surface area contributed by atoms with Crippen molar-refractivity contribution < 1.29 is 14.3 Å². The number of ether oxygens (including phenoxy) is 1. The maximum absolute atomic E-state index is 12.4. The van der Waals surface area contributed by atoms with Crippen LogP contribution in [0.5, 0.6) is 0 Å². The van der Waals surface area contributed by atoms with Crippen molar-refractivity contribution in [2.24, 2.45) is 5.92 Å². The monoisotopic (exact) mass is 422 g/mol. The van der Waals surface area contributed by atoms with Gasteiger partial charge in [-0.05, 0) is 30.2 Å². The molecule has 1 amide bonds. The molecule has 2 aromatic heterocycles. The molecule has 2 heterocycles.